The van der Waals surface area contributed by atoms with Crippen molar-refractivity contribution in [1.82, 2.24) is 4.90 Å². The van der Waals surface area contributed by atoms with E-state index in [1.54, 1.807) is 12.1 Å². The van der Waals surface area contributed by atoms with Crippen LogP contribution in [-0.4, -0.2) is 23.1 Å². The first-order valence-electron chi connectivity index (χ1n) is 9.91. The second-order valence-electron chi connectivity index (χ2n) is 8.28. The highest BCUT2D eigenvalue weighted by atomic mass is 16.4. The van der Waals surface area contributed by atoms with Crippen molar-refractivity contribution in [2.75, 3.05) is 13.1 Å². The fourth-order valence-corrected chi connectivity index (χ4v) is 3.66. The number of phenols is 1. The van der Waals surface area contributed by atoms with Crippen LogP contribution in [0.15, 0.2) is 57.7 Å². The van der Waals surface area contributed by atoms with E-state index in [-0.39, 0.29) is 11.4 Å². The van der Waals surface area contributed by atoms with E-state index in [0.29, 0.717) is 35.1 Å². The second kappa shape index (κ2) is 8.61. The lowest BCUT2D eigenvalue weighted by Gasteiger charge is -2.26. The molecule has 0 spiro atoms. The largest absolute Gasteiger partial charge is 0.507 e. The fraction of sp³-hybridized carbons (Fsp3) is 0.375. The standard InChI is InChI=1S/C24H29NO3/c1-16(2)13-25(14-17(3)4)15-21-22(26)11-10-19-12-20(24(27)28-23(19)21)18-8-6-5-7-9-18/h5-12,16-17,26H,13-15H2,1-4H3. The van der Waals surface area contributed by atoms with Gasteiger partial charge in [-0.2, -0.15) is 0 Å². The zero-order valence-corrected chi connectivity index (χ0v) is 17.1. The van der Waals surface area contributed by atoms with Crippen molar-refractivity contribution < 1.29 is 9.52 Å². The Hall–Kier alpha value is -2.59. The smallest absolute Gasteiger partial charge is 0.344 e. The molecule has 3 aromatic rings. The first-order chi connectivity index (χ1) is 13.3. The van der Waals surface area contributed by atoms with Gasteiger partial charge in [-0.05, 0) is 35.6 Å². The lowest BCUT2D eigenvalue weighted by Crippen LogP contribution is -2.31. The third-order valence-electron chi connectivity index (χ3n) is 4.69. The highest BCUT2D eigenvalue weighted by Crippen LogP contribution is 2.30. The van der Waals surface area contributed by atoms with Crippen LogP contribution < -0.4 is 5.63 Å². The van der Waals surface area contributed by atoms with Crippen LogP contribution >= 0.6 is 0 Å². The van der Waals surface area contributed by atoms with Gasteiger partial charge in [-0.1, -0.05) is 58.0 Å². The van der Waals surface area contributed by atoms with Crippen LogP contribution in [0.25, 0.3) is 22.1 Å². The van der Waals surface area contributed by atoms with Gasteiger partial charge in [0, 0.05) is 25.0 Å². The molecule has 0 unspecified atom stereocenters. The number of benzene rings is 2. The van der Waals surface area contributed by atoms with Crippen LogP contribution in [0, 0.1) is 11.8 Å². The van der Waals surface area contributed by atoms with Gasteiger partial charge in [0.2, 0.25) is 0 Å². The van der Waals surface area contributed by atoms with Gasteiger partial charge in [-0.25, -0.2) is 4.79 Å². The number of phenolic OH excluding ortho intramolecular Hbond substituents is 1. The van der Waals surface area contributed by atoms with Crippen LogP contribution in [0.3, 0.4) is 0 Å². The summed E-state index contributed by atoms with van der Waals surface area (Å²) >= 11 is 0. The van der Waals surface area contributed by atoms with Gasteiger partial charge < -0.3 is 9.52 Å². The number of fused-ring (bicyclic) bond motifs is 1. The number of hydrogen-bond donors (Lipinski definition) is 1. The van der Waals surface area contributed by atoms with Gasteiger partial charge in [0.25, 0.3) is 0 Å². The van der Waals surface area contributed by atoms with E-state index in [2.05, 4.69) is 32.6 Å². The topological polar surface area (TPSA) is 53.7 Å². The Balaban J connectivity index is 2.06. The molecule has 1 aromatic heterocycles. The Morgan fingerprint density at radius 2 is 1.61 bits per heavy atom. The average molecular weight is 380 g/mol. The van der Waals surface area contributed by atoms with Crippen LogP contribution in [0.5, 0.6) is 5.75 Å². The molecule has 0 aliphatic rings. The molecule has 4 heteroatoms. The second-order valence-corrected chi connectivity index (χ2v) is 8.28. The van der Waals surface area contributed by atoms with E-state index in [0.717, 1.165) is 24.0 Å². The number of nitrogens with zero attached hydrogens (tertiary/aromatic N) is 1. The molecule has 1 N–H and O–H groups in total. The van der Waals surface area contributed by atoms with Gasteiger partial charge in [-0.15, -0.1) is 0 Å². The predicted octanol–water partition coefficient (Wildman–Crippen LogP) is 5.28. The van der Waals surface area contributed by atoms with E-state index < -0.39 is 0 Å². The summed E-state index contributed by atoms with van der Waals surface area (Å²) in [5.74, 6) is 1.18. The maximum Gasteiger partial charge on any atom is 0.344 e. The third-order valence-corrected chi connectivity index (χ3v) is 4.69. The lowest BCUT2D eigenvalue weighted by atomic mass is 10.0. The Morgan fingerprint density at radius 1 is 0.964 bits per heavy atom. The summed E-state index contributed by atoms with van der Waals surface area (Å²) in [7, 11) is 0. The molecule has 0 bridgehead atoms. The summed E-state index contributed by atoms with van der Waals surface area (Å²) in [4.78, 5) is 15.0. The summed E-state index contributed by atoms with van der Waals surface area (Å²) in [6, 6.07) is 14.9. The molecule has 0 aliphatic heterocycles. The zero-order valence-electron chi connectivity index (χ0n) is 17.1. The van der Waals surface area contributed by atoms with Crippen molar-refractivity contribution in [2.24, 2.45) is 11.8 Å². The van der Waals surface area contributed by atoms with Gasteiger partial charge in [0.1, 0.15) is 11.3 Å². The SMILES string of the molecule is CC(C)CN(Cc1c(O)ccc2cc(-c3ccccc3)c(=O)oc12)CC(C)C. The molecule has 0 amide bonds. The fourth-order valence-electron chi connectivity index (χ4n) is 3.66. The zero-order chi connectivity index (χ0) is 20.3. The Labute approximate surface area is 166 Å². The molecule has 4 nitrogen and oxygen atoms in total. The third kappa shape index (κ3) is 4.63. The molecule has 148 valence electrons. The quantitative estimate of drug-likeness (QED) is 0.568. The molecule has 0 saturated heterocycles. The summed E-state index contributed by atoms with van der Waals surface area (Å²) < 4.78 is 5.73. The molecule has 0 atom stereocenters. The Kier molecular flexibility index (Phi) is 6.20. The minimum Gasteiger partial charge on any atom is -0.507 e. The van der Waals surface area contributed by atoms with Crippen LogP contribution in [0.2, 0.25) is 0 Å². The van der Waals surface area contributed by atoms with Crippen LogP contribution in [0.4, 0.5) is 0 Å². The maximum absolute atomic E-state index is 12.7. The van der Waals surface area contributed by atoms with Crippen LogP contribution in [0.1, 0.15) is 33.3 Å². The van der Waals surface area contributed by atoms with Crippen molar-refractivity contribution in [3.63, 3.8) is 0 Å². The average Bonchev–Trinajstić information content (AvgIpc) is 2.63. The minimum absolute atomic E-state index is 0.167. The molecule has 3 rings (SSSR count). The van der Waals surface area contributed by atoms with E-state index >= 15 is 0 Å². The minimum atomic E-state index is -0.384. The molecular weight excluding hydrogens is 350 g/mol. The van der Waals surface area contributed by atoms with Crippen LogP contribution in [-0.2, 0) is 6.54 Å². The van der Waals surface area contributed by atoms with E-state index in [4.69, 9.17) is 4.42 Å². The van der Waals surface area contributed by atoms with Crippen molar-refractivity contribution in [1.29, 1.82) is 0 Å². The summed E-state index contributed by atoms with van der Waals surface area (Å²) in [5.41, 5.74) is 2.13. The van der Waals surface area contributed by atoms with Crippen molar-refractivity contribution in [3.05, 3.63) is 64.5 Å². The van der Waals surface area contributed by atoms with E-state index in [1.165, 1.54) is 0 Å². The monoisotopic (exact) mass is 379 g/mol. The Morgan fingerprint density at radius 3 is 2.21 bits per heavy atom. The molecule has 0 fully saturated rings. The van der Waals surface area contributed by atoms with Gasteiger partial charge >= 0.3 is 5.63 Å². The van der Waals surface area contributed by atoms with Crippen molar-refractivity contribution in [2.45, 2.75) is 34.2 Å². The lowest BCUT2D eigenvalue weighted by molar-refractivity contribution is 0.209. The van der Waals surface area contributed by atoms with E-state index in [1.807, 2.05) is 36.4 Å². The van der Waals surface area contributed by atoms with Gasteiger partial charge in [0.15, 0.2) is 0 Å². The molecule has 0 radical (unpaired) electrons. The molecule has 2 aromatic carbocycles. The molecule has 0 aliphatic carbocycles. The number of rotatable bonds is 7. The van der Waals surface area contributed by atoms with Crippen molar-refractivity contribution in [3.8, 4) is 16.9 Å². The summed E-state index contributed by atoms with van der Waals surface area (Å²) in [6.07, 6.45) is 0. The summed E-state index contributed by atoms with van der Waals surface area (Å²) in [6.45, 7) is 11.1. The molecule has 1 heterocycles. The first kappa shape index (κ1) is 20.2. The Bertz CT molecular complexity index is 980. The number of hydrogen-bond acceptors (Lipinski definition) is 4. The highest BCUT2D eigenvalue weighted by molar-refractivity contribution is 5.85. The molecular formula is C24H29NO3. The van der Waals surface area contributed by atoms with Gasteiger partial charge in [0.05, 0.1) is 11.1 Å². The highest BCUT2D eigenvalue weighted by Gasteiger charge is 2.18. The van der Waals surface area contributed by atoms with Gasteiger partial charge in [-0.3, -0.25) is 4.90 Å². The number of aromatic hydroxyl groups is 1. The normalized spacial score (nSPS) is 11.8. The predicted molar refractivity (Wildman–Crippen MR) is 115 cm³/mol. The van der Waals surface area contributed by atoms with Crippen molar-refractivity contribution >= 4 is 11.0 Å². The first-order valence-corrected chi connectivity index (χ1v) is 9.91. The maximum atomic E-state index is 12.7. The molecule has 0 saturated carbocycles. The van der Waals surface area contributed by atoms with E-state index in [9.17, 15) is 9.90 Å². The summed E-state index contributed by atoms with van der Waals surface area (Å²) in [5, 5.41) is 11.3. The molecule has 28 heavy (non-hydrogen) atoms.